The van der Waals surface area contributed by atoms with Crippen molar-refractivity contribution in [3.8, 4) is 5.75 Å². The molecule has 0 saturated heterocycles. The smallest absolute Gasteiger partial charge is 0.165 e. The molecule has 0 aromatic heterocycles. The van der Waals surface area contributed by atoms with Gasteiger partial charge in [-0.25, -0.2) is 0 Å². The van der Waals surface area contributed by atoms with E-state index in [1.54, 1.807) is 0 Å². The van der Waals surface area contributed by atoms with Crippen LogP contribution in [0.1, 0.15) is 46.4 Å². The van der Waals surface area contributed by atoms with Crippen LogP contribution in [0, 0.1) is 0 Å². The lowest BCUT2D eigenvalue weighted by molar-refractivity contribution is 0.0983. The van der Waals surface area contributed by atoms with Crippen LogP contribution >= 0.6 is 0 Å². The number of fused-ring (bicyclic) bond motifs is 2. The fraction of sp³-hybridized carbons (Fsp3) is 0.278. The van der Waals surface area contributed by atoms with Gasteiger partial charge in [0.1, 0.15) is 5.75 Å². The van der Waals surface area contributed by atoms with Crippen LogP contribution in [0.4, 0.5) is 0 Å². The summed E-state index contributed by atoms with van der Waals surface area (Å²) in [6, 6.07) is 16.4. The zero-order valence-electron chi connectivity index (χ0n) is 11.7. The van der Waals surface area contributed by atoms with Crippen LogP contribution in [0.15, 0.2) is 48.5 Å². The van der Waals surface area contributed by atoms with Crippen molar-refractivity contribution in [1.29, 1.82) is 0 Å². The van der Waals surface area contributed by atoms with Gasteiger partial charge in [-0.2, -0.15) is 0 Å². The number of ether oxygens (including phenoxy) is 1. The van der Waals surface area contributed by atoms with Crippen molar-refractivity contribution < 1.29 is 9.53 Å². The van der Waals surface area contributed by atoms with Gasteiger partial charge in [-0.3, -0.25) is 4.79 Å². The van der Waals surface area contributed by atoms with Crippen LogP contribution in [-0.2, 0) is 0 Å². The second-order valence-electron chi connectivity index (χ2n) is 5.66. The Hall–Kier alpha value is -2.13. The van der Waals surface area contributed by atoms with Crippen molar-refractivity contribution in [3.63, 3.8) is 0 Å². The van der Waals surface area contributed by atoms with E-state index < -0.39 is 0 Å². The number of hydrogen-bond acceptors (Lipinski definition) is 3. The molecule has 3 heteroatoms. The van der Waals surface area contributed by atoms with Gasteiger partial charge in [0.15, 0.2) is 5.78 Å². The van der Waals surface area contributed by atoms with Gasteiger partial charge in [0, 0.05) is 36.1 Å². The molecule has 2 aliphatic rings. The Morgan fingerprint density at radius 2 is 1.71 bits per heavy atom. The number of ketones is 1. The highest BCUT2D eigenvalue weighted by Crippen LogP contribution is 2.37. The van der Waals surface area contributed by atoms with Gasteiger partial charge in [0.05, 0.1) is 6.61 Å². The predicted octanol–water partition coefficient (Wildman–Crippen LogP) is 3.43. The molecule has 0 amide bonds. The molecule has 106 valence electrons. The molecule has 1 aliphatic carbocycles. The quantitative estimate of drug-likeness (QED) is 0.915. The van der Waals surface area contributed by atoms with Crippen LogP contribution in [0.25, 0.3) is 0 Å². The summed E-state index contributed by atoms with van der Waals surface area (Å²) < 4.78 is 5.70. The van der Waals surface area contributed by atoms with E-state index in [-0.39, 0.29) is 17.9 Å². The molecule has 3 nitrogen and oxygen atoms in total. The van der Waals surface area contributed by atoms with Crippen molar-refractivity contribution >= 4 is 5.78 Å². The maximum absolute atomic E-state index is 12.1. The van der Waals surface area contributed by atoms with Crippen molar-refractivity contribution in [2.24, 2.45) is 0 Å². The number of benzene rings is 2. The van der Waals surface area contributed by atoms with Gasteiger partial charge >= 0.3 is 0 Å². The molecule has 1 heterocycles. The molecule has 0 bridgehead atoms. The highest BCUT2D eigenvalue weighted by atomic mass is 16.5. The molecule has 2 unspecified atom stereocenters. The van der Waals surface area contributed by atoms with Crippen LogP contribution in [0.3, 0.4) is 0 Å². The SMILES string of the molecule is O=C1CC(NC2CCOc3ccccc32)c2ccccc21. The molecule has 2 aromatic carbocycles. The molecular weight excluding hydrogens is 262 g/mol. The molecular formula is C18H17NO2. The van der Waals surface area contributed by atoms with Crippen LogP contribution < -0.4 is 10.1 Å². The summed E-state index contributed by atoms with van der Waals surface area (Å²) in [5, 5.41) is 3.66. The summed E-state index contributed by atoms with van der Waals surface area (Å²) in [7, 11) is 0. The Balaban J connectivity index is 1.63. The summed E-state index contributed by atoms with van der Waals surface area (Å²) >= 11 is 0. The summed E-state index contributed by atoms with van der Waals surface area (Å²) in [5.74, 6) is 1.20. The number of nitrogens with one attached hydrogen (secondary N) is 1. The Morgan fingerprint density at radius 3 is 2.62 bits per heavy atom. The Morgan fingerprint density at radius 1 is 0.952 bits per heavy atom. The third-order valence-electron chi connectivity index (χ3n) is 4.39. The summed E-state index contributed by atoms with van der Waals surface area (Å²) in [5.41, 5.74) is 3.20. The Labute approximate surface area is 123 Å². The van der Waals surface area contributed by atoms with Gasteiger partial charge in [0.25, 0.3) is 0 Å². The van der Waals surface area contributed by atoms with Gasteiger partial charge in [-0.05, 0) is 11.6 Å². The molecule has 4 rings (SSSR count). The molecule has 0 spiro atoms. The summed E-state index contributed by atoms with van der Waals surface area (Å²) in [6.45, 7) is 0.719. The Kier molecular flexibility index (Phi) is 3.00. The normalized spacial score (nSPS) is 23.3. The standard InChI is InChI=1S/C18H17NO2/c20-17-11-16(12-5-1-2-6-13(12)17)19-15-9-10-21-18-8-4-3-7-14(15)18/h1-8,15-16,19H,9-11H2. The molecule has 2 atom stereocenters. The third-order valence-corrected chi connectivity index (χ3v) is 4.39. The predicted molar refractivity (Wildman–Crippen MR) is 80.6 cm³/mol. The van der Waals surface area contributed by atoms with E-state index in [2.05, 4.69) is 17.4 Å². The lowest BCUT2D eigenvalue weighted by Gasteiger charge is -2.29. The molecule has 2 aromatic rings. The first kappa shape index (κ1) is 12.6. The van der Waals surface area contributed by atoms with E-state index in [4.69, 9.17) is 4.74 Å². The zero-order chi connectivity index (χ0) is 14.2. The summed E-state index contributed by atoms with van der Waals surface area (Å²) in [6.07, 6.45) is 1.49. The van der Waals surface area contributed by atoms with Gasteiger partial charge in [0.2, 0.25) is 0 Å². The van der Waals surface area contributed by atoms with Crippen LogP contribution in [0.2, 0.25) is 0 Å². The number of para-hydroxylation sites is 1. The minimum absolute atomic E-state index is 0.116. The maximum atomic E-state index is 12.1. The number of carbonyl (C=O) groups is 1. The second kappa shape index (κ2) is 5.01. The second-order valence-corrected chi connectivity index (χ2v) is 5.66. The van der Waals surface area contributed by atoms with Crippen LogP contribution in [-0.4, -0.2) is 12.4 Å². The molecule has 21 heavy (non-hydrogen) atoms. The average molecular weight is 279 g/mol. The van der Waals surface area contributed by atoms with Crippen molar-refractivity contribution in [2.75, 3.05) is 6.61 Å². The highest BCUT2D eigenvalue weighted by molar-refractivity contribution is 6.01. The lowest BCUT2D eigenvalue weighted by atomic mass is 9.98. The van der Waals surface area contributed by atoms with E-state index in [0.717, 1.165) is 29.9 Å². The highest BCUT2D eigenvalue weighted by Gasteiger charge is 2.32. The molecule has 1 aliphatic heterocycles. The number of rotatable bonds is 2. The topological polar surface area (TPSA) is 38.3 Å². The van der Waals surface area contributed by atoms with E-state index in [0.29, 0.717) is 6.42 Å². The van der Waals surface area contributed by atoms with E-state index in [1.807, 2.05) is 36.4 Å². The van der Waals surface area contributed by atoms with E-state index >= 15 is 0 Å². The minimum atomic E-state index is 0.116. The fourth-order valence-corrected chi connectivity index (χ4v) is 3.37. The first-order chi connectivity index (χ1) is 10.3. The van der Waals surface area contributed by atoms with Crippen molar-refractivity contribution in [3.05, 3.63) is 65.2 Å². The largest absolute Gasteiger partial charge is 0.493 e. The monoisotopic (exact) mass is 279 g/mol. The van der Waals surface area contributed by atoms with Gasteiger partial charge in [-0.1, -0.05) is 42.5 Å². The van der Waals surface area contributed by atoms with Crippen LogP contribution in [0.5, 0.6) is 5.75 Å². The number of Topliss-reactive ketones (excluding diaryl/α,β-unsaturated/α-hetero) is 1. The van der Waals surface area contributed by atoms with Gasteiger partial charge < -0.3 is 10.1 Å². The number of hydrogen-bond donors (Lipinski definition) is 1. The average Bonchev–Trinajstić information content (AvgIpc) is 2.85. The summed E-state index contributed by atoms with van der Waals surface area (Å²) in [4.78, 5) is 12.1. The zero-order valence-corrected chi connectivity index (χ0v) is 11.7. The van der Waals surface area contributed by atoms with E-state index in [9.17, 15) is 4.79 Å². The molecule has 0 fully saturated rings. The van der Waals surface area contributed by atoms with E-state index in [1.165, 1.54) is 5.56 Å². The minimum Gasteiger partial charge on any atom is -0.493 e. The van der Waals surface area contributed by atoms with Crippen molar-refractivity contribution in [1.82, 2.24) is 5.32 Å². The molecule has 1 N–H and O–H groups in total. The fourth-order valence-electron chi connectivity index (χ4n) is 3.37. The third kappa shape index (κ3) is 2.14. The molecule has 0 radical (unpaired) electrons. The maximum Gasteiger partial charge on any atom is 0.165 e. The lowest BCUT2D eigenvalue weighted by Crippen LogP contribution is -2.29. The molecule has 0 saturated carbocycles. The number of carbonyl (C=O) groups excluding carboxylic acids is 1. The first-order valence-corrected chi connectivity index (χ1v) is 7.43. The first-order valence-electron chi connectivity index (χ1n) is 7.43. The van der Waals surface area contributed by atoms with Crippen molar-refractivity contribution in [2.45, 2.75) is 24.9 Å². The van der Waals surface area contributed by atoms with Gasteiger partial charge in [-0.15, -0.1) is 0 Å². The Bertz CT molecular complexity index is 695.